The van der Waals surface area contributed by atoms with Crippen LogP contribution in [0.2, 0.25) is 5.02 Å². The lowest BCUT2D eigenvalue weighted by Gasteiger charge is -2.46. The van der Waals surface area contributed by atoms with E-state index in [0.717, 1.165) is 11.6 Å². The molecule has 1 aromatic heterocycles. The third kappa shape index (κ3) is 4.31. The van der Waals surface area contributed by atoms with Gasteiger partial charge in [-0.15, -0.1) is 0 Å². The van der Waals surface area contributed by atoms with Crippen LogP contribution in [-0.2, 0) is 0 Å². The van der Waals surface area contributed by atoms with Crippen LogP contribution in [0.3, 0.4) is 0 Å². The molecule has 0 bridgehead atoms. The lowest BCUT2D eigenvalue weighted by molar-refractivity contribution is -0.870. The van der Waals surface area contributed by atoms with Crippen LogP contribution in [0.1, 0.15) is 29.2 Å². The van der Waals surface area contributed by atoms with Gasteiger partial charge >= 0.3 is 0 Å². The van der Waals surface area contributed by atoms with E-state index in [1.807, 2.05) is 6.07 Å². The summed E-state index contributed by atoms with van der Waals surface area (Å²) >= 11 is 6.00. The highest BCUT2D eigenvalue weighted by atomic mass is 35.5. The number of phenols is 2. The summed E-state index contributed by atoms with van der Waals surface area (Å²) in [6, 6.07) is 9.43. The minimum absolute atomic E-state index is 0.00166. The lowest BCUT2D eigenvalue weighted by Crippen LogP contribution is -2.51. The van der Waals surface area contributed by atoms with E-state index in [1.165, 1.54) is 13.1 Å². The maximum absolute atomic E-state index is 12.7. The molecule has 1 saturated heterocycles. The fourth-order valence-corrected chi connectivity index (χ4v) is 4.32. The highest BCUT2D eigenvalue weighted by Crippen LogP contribution is 2.42. The Morgan fingerprint density at radius 2 is 1.97 bits per heavy atom. The highest BCUT2D eigenvalue weighted by molar-refractivity contribution is 6.30. The Balaban J connectivity index is 1.84. The van der Waals surface area contributed by atoms with Crippen molar-refractivity contribution >= 4 is 34.7 Å². The van der Waals surface area contributed by atoms with Crippen molar-refractivity contribution in [3.05, 3.63) is 73.7 Å². The van der Waals surface area contributed by atoms with E-state index in [9.17, 15) is 25.3 Å². The summed E-state index contributed by atoms with van der Waals surface area (Å²) < 4.78 is 5.32. The van der Waals surface area contributed by atoms with Gasteiger partial charge in [-0.1, -0.05) is 29.8 Å². The molecule has 7 nitrogen and oxygen atoms in total. The van der Waals surface area contributed by atoms with Gasteiger partial charge in [0.05, 0.1) is 13.6 Å². The maximum Gasteiger partial charge on any atom is 0.197 e. The van der Waals surface area contributed by atoms with E-state index in [-0.39, 0.29) is 41.1 Å². The number of piperidine rings is 1. The van der Waals surface area contributed by atoms with E-state index in [0.29, 0.717) is 11.4 Å². The van der Waals surface area contributed by atoms with Gasteiger partial charge in [0.1, 0.15) is 40.9 Å². The summed E-state index contributed by atoms with van der Waals surface area (Å²) in [6.07, 6.45) is 2.56. The molecule has 1 unspecified atom stereocenters. The number of benzene rings is 2. The van der Waals surface area contributed by atoms with Crippen LogP contribution in [-0.4, -0.2) is 46.2 Å². The number of aliphatic hydroxyl groups excluding tert-OH is 1. The normalized spacial score (nSPS) is 24.1. The molecule has 4 rings (SSSR count). The third-order valence-corrected chi connectivity index (χ3v) is 5.86. The standard InChI is InChI=1S/C23H22ClNO6/c1-25(30)8-7-16(20(29)12-25)21-18(27)11-19(28)22-17(26)10-15(31-23(21)22)6-5-13-3-2-4-14(24)9-13/h2-6,9-11,16,20,27-29H,7-8,12H2,1H3/b6-5+/t16-,20+,25?/m0/s1. The van der Waals surface area contributed by atoms with Gasteiger partial charge in [0.2, 0.25) is 0 Å². The van der Waals surface area contributed by atoms with Crippen molar-refractivity contribution in [3.63, 3.8) is 0 Å². The molecule has 1 fully saturated rings. The molecule has 0 aliphatic carbocycles. The van der Waals surface area contributed by atoms with Gasteiger partial charge in [-0.25, -0.2) is 0 Å². The van der Waals surface area contributed by atoms with Gasteiger partial charge < -0.3 is 29.6 Å². The molecule has 0 spiro atoms. The molecule has 0 amide bonds. The Morgan fingerprint density at radius 1 is 1.19 bits per heavy atom. The second-order valence-electron chi connectivity index (χ2n) is 8.10. The van der Waals surface area contributed by atoms with Gasteiger partial charge in [0, 0.05) is 35.1 Å². The van der Waals surface area contributed by atoms with E-state index >= 15 is 0 Å². The van der Waals surface area contributed by atoms with E-state index in [1.54, 1.807) is 30.4 Å². The Morgan fingerprint density at radius 3 is 2.68 bits per heavy atom. The molecule has 3 atom stereocenters. The smallest absolute Gasteiger partial charge is 0.197 e. The molecule has 162 valence electrons. The van der Waals surface area contributed by atoms with E-state index in [2.05, 4.69) is 0 Å². The molecular weight excluding hydrogens is 422 g/mol. The summed E-state index contributed by atoms with van der Waals surface area (Å²) in [4.78, 5) is 12.7. The van der Waals surface area contributed by atoms with Crippen molar-refractivity contribution in [2.45, 2.75) is 18.4 Å². The molecule has 2 heterocycles. The number of nitrogens with zero attached hydrogens (tertiary/aromatic N) is 1. The third-order valence-electron chi connectivity index (χ3n) is 5.63. The Bertz CT molecular complexity index is 1230. The number of likely N-dealkylation sites (tertiary alicyclic amines) is 1. The first-order chi connectivity index (χ1) is 14.6. The molecular formula is C23H22ClNO6. The summed E-state index contributed by atoms with van der Waals surface area (Å²) in [6.45, 7) is 0.188. The van der Waals surface area contributed by atoms with Gasteiger partial charge in [0.15, 0.2) is 5.43 Å². The topological polar surface area (TPSA) is 114 Å². The average molecular weight is 444 g/mol. The molecule has 8 heteroatoms. The summed E-state index contributed by atoms with van der Waals surface area (Å²) in [5.74, 6) is -1.11. The number of likely N-dealkylation sites (N-methyl/N-ethyl adjacent to an activating group) is 1. The molecule has 2 aromatic carbocycles. The second kappa shape index (κ2) is 8.01. The van der Waals surface area contributed by atoms with Crippen LogP contribution < -0.4 is 5.43 Å². The fraction of sp³-hybridized carbons (Fsp3) is 0.261. The SMILES string of the molecule is C[N+]1([O-])CC[C@H](c2c(O)cc(O)c3c(=O)cc(/C=C/c4cccc(Cl)c4)oc23)[C@H](O)C1. The number of hydrogen-bond acceptors (Lipinski definition) is 6. The number of fused-ring (bicyclic) bond motifs is 1. The highest BCUT2D eigenvalue weighted by Gasteiger charge is 2.37. The largest absolute Gasteiger partial charge is 0.633 e. The molecule has 3 aromatic rings. The number of hydroxylamine groups is 3. The number of rotatable bonds is 3. The minimum Gasteiger partial charge on any atom is -0.633 e. The predicted octanol–water partition coefficient (Wildman–Crippen LogP) is 3.82. The number of quaternary nitrogens is 1. The van der Waals surface area contributed by atoms with Crippen molar-refractivity contribution in [1.29, 1.82) is 0 Å². The Labute approximate surface area is 183 Å². The monoisotopic (exact) mass is 443 g/mol. The van der Waals surface area contributed by atoms with Crippen molar-refractivity contribution in [2.75, 3.05) is 20.1 Å². The van der Waals surface area contributed by atoms with Crippen molar-refractivity contribution in [1.82, 2.24) is 0 Å². The summed E-state index contributed by atoms with van der Waals surface area (Å²) in [7, 11) is 1.48. The van der Waals surface area contributed by atoms with Crippen LogP contribution in [0.25, 0.3) is 23.1 Å². The quantitative estimate of drug-likeness (QED) is 0.419. The lowest BCUT2D eigenvalue weighted by atomic mass is 9.85. The van der Waals surface area contributed by atoms with Gasteiger partial charge in [0.25, 0.3) is 0 Å². The first kappa shape index (κ1) is 21.4. The van der Waals surface area contributed by atoms with Crippen LogP contribution in [0.5, 0.6) is 11.5 Å². The average Bonchev–Trinajstić information content (AvgIpc) is 2.67. The molecule has 31 heavy (non-hydrogen) atoms. The summed E-state index contributed by atoms with van der Waals surface area (Å²) in [5.41, 5.74) is 0.529. The van der Waals surface area contributed by atoms with Crippen LogP contribution in [0.4, 0.5) is 0 Å². The minimum atomic E-state index is -1.04. The Kier molecular flexibility index (Phi) is 5.53. The van der Waals surface area contributed by atoms with Crippen molar-refractivity contribution in [2.24, 2.45) is 0 Å². The first-order valence-corrected chi connectivity index (χ1v) is 10.2. The second-order valence-corrected chi connectivity index (χ2v) is 8.54. The maximum atomic E-state index is 12.7. The van der Waals surface area contributed by atoms with E-state index < -0.39 is 27.8 Å². The van der Waals surface area contributed by atoms with Crippen molar-refractivity contribution < 1.29 is 24.4 Å². The zero-order valence-electron chi connectivity index (χ0n) is 16.8. The first-order valence-electron chi connectivity index (χ1n) is 9.84. The number of halogens is 1. The summed E-state index contributed by atoms with van der Waals surface area (Å²) in [5, 5.41) is 44.2. The predicted molar refractivity (Wildman–Crippen MR) is 119 cm³/mol. The molecule has 1 aliphatic rings. The fourth-order valence-electron chi connectivity index (χ4n) is 4.12. The molecule has 0 radical (unpaired) electrons. The number of phenolic OH excluding ortho intramolecular Hbond substituents is 2. The van der Waals surface area contributed by atoms with Crippen LogP contribution in [0.15, 0.2) is 45.6 Å². The molecule has 0 saturated carbocycles. The van der Waals surface area contributed by atoms with Crippen LogP contribution >= 0.6 is 11.6 Å². The molecule has 1 aliphatic heterocycles. The number of aliphatic hydroxyl groups is 1. The zero-order valence-corrected chi connectivity index (χ0v) is 17.5. The van der Waals surface area contributed by atoms with Gasteiger partial charge in [-0.2, -0.15) is 0 Å². The zero-order chi connectivity index (χ0) is 22.3. The Hall–Kier alpha value is -2.84. The van der Waals surface area contributed by atoms with Crippen molar-refractivity contribution in [3.8, 4) is 11.5 Å². The van der Waals surface area contributed by atoms with E-state index in [4.69, 9.17) is 16.0 Å². The van der Waals surface area contributed by atoms with Crippen LogP contribution in [0, 0.1) is 5.21 Å². The van der Waals surface area contributed by atoms with Gasteiger partial charge in [-0.05, 0) is 23.8 Å². The number of aromatic hydroxyl groups is 2. The van der Waals surface area contributed by atoms with Gasteiger partial charge in [-0.3, -0.25) is 4.79 Å². The number of hydrogen-bond donors (Lipinski definition) is 3. The molecule has 3 N–H and O–H groups in total.